The van der Waals surface area contributed by atoms with E-state index in [4.69, 9.17) is 11.6 Å². The molecule has 1 aliphatic rings. The first-order valence-corrected chi connectivity index (χ1v) is 9.31. The molecular weight excluding hydrogens is 376 g/mol. The fourth-order valence-corrected chi connectivity index (χ4v) is 3.27. The normalized spacial score (nSPS) is 14.5. The first-order valence-electron chi connectivity index (χ1n) is 8.94. The Morgan fingerprint density at radius 3 is 2.61 bits per heavy atom. The van der Waals surface area contributed by atoms with Crippen molar-refractivity contribution >= 4 is 28.9 Å². The van der Waals surface area contributed by atoms with Crippen LogP contribution in [0.3, 0.4) is 0 Å². The average Bonchev–Trinajstić information content (AvgIpc) is 2.68. The number of aryl methyl sites for hydroxylation is 1. The molecule has 1 amide bonds. The van der Waals surface area contributed by atoms with E-state index in [1.165, 1.54) is 6.07 Å². The summed E-state index contributed by atoms with van der Waals surface area (Å²) in [6.45, 7) is 4.72. The van der Waals surface area contributed by atoms with Crippen molar-refractivity contribution in [1.82, 2.24) is 4.90 Å². The molecule has 0 unspecified atom stereocenters. The maximum Gasteiger partial charge on any atom is 0.267 e. The predicted octanol–water partition coefficient (Wildman–Crippen LogP) is 3.52. The lowest BCUT2D eigenvalue weighted by atomic mass is 10.1. The molecule has 0 bridgehead atoms. The van der Waals surface area contributed by atoms with Crippen molar-refractivity contribution in [3.05, 3.63) is 64.8 Å². The molecule has 1 fully saturated rings. The molecule has 7 heteroatoms. The summed E-state index contributed by atoms with van der Waals surface area (Å²) in [4.78, 5) is 16.7. The van der Waals surface area contributed by atoms with E-state index in [2.05, 4.69) is 10.2 Å². The van der Waals surface area contributed by atoms with Crippen LogP contribution in [-0.2, 0) is 4.79 Å². The van der Waals surface area contributed by atoms with Crippen molar-refractivity contribution in [3.8, 4) is 11.8 Å². The first kappa shape index (κ1) is 19.6. The molecular formula is C21H21ClN4O2. The highest BCUT2D eigenvalue weighted by Gasteiger charge is 2.18. The van der Waals surface area contributed by atoms with Crippen molar-refractivity contribution < 1.29 is 9.90 Å². The Morgan fingerprint density at radius 1 is 1.21 bits per heavy atom. The molecule has 6 nitrogen and oxygen atoms in total. The van der Waals surface area contributed by atoms with Gasteiger partial charge in [-0.2, -0.15) is 5.26 Å². The van der Waals surface area contributed by atoms with Crippen molar-refractivity contribution in [1.29, 1.82) is 5.26 Å². The van der Waals surface area contributed by atoms with E-state index in [9.17, 15) is 15.2 Å². The zero-order valence-electron chi connectivity index (χ0n) is 15.5. The summed E-state index contributed by atoms with van der Waals surface area (Å²) < 4.78 is 0. The third kappa shape index (κ3) is 4.76. The van der Waals surface area contributed by atoms with Crippen molar-refractivity contribution in [2.45, 2.75) is 6.92 Å². The Balaban J connectivity index is 1.63. The molecule has 2 N–H and O–H groups in total. The highest BCUT2D eigenvalue weighted by molar-refractivity contribution is 6.30. The minimum atomic E-state index is -0.464. The van der Waals surface area contributed by atoms with Gasteiger partial charge < -0.3 is 20.2 Å². The van der Waals surface area contributed by atoms with Crippen LogP contribution < -0.4 is 10.2 Å². The highest BCUT2D eigenvalue weighted by atomic mass is 35.5. The second-order valence-electron chi connectivity index (χ2n) is 6.61. The summed E-state index contributed by atoms with van der Waals surface area (Å²) in [6, 6.07) is 14.4. The number of anilines is 2. The summed E-state index contributed by atoms with van der Waals surface area (Å²) >= 11 is 6.06. The highest BCUT2D eigenvalue weighted by Crippen LogP contribution is 2.22. The number of nitriles is 1. The van der Waals surface area contributed by atoms with E-state index in [-0.39, 0.29) is 11.3 Å². The van der Waals surface area contributed by atoms with Crippen LogP contribution in [0.1, 0.15) is 5.56 Å². The second-order valence-corrected chi connectivity index (χ2v) is 7.05. The lowest BCUT2D eigenvalue weighted by Gasteiger charge is -2.35. The topological polar surface area (TPSA) is 79.6 Å². The van der Waals surface area contributed by atoms with Crippen LogP contribution in [-0.4, -0.2) is 42.1 Å². The summed E-state index contributed by atoms with van der Waals surface area (Å²) in [7, 11) is 0. The number of carbonyl (C=O) groups excluding carboxylic acids is 1. The molecule has 0 aromatic heterocycles. The van der Waals surface area contributed by atoms with Gasteiger partial charge in [-0.3, -0.25) is 4.79 Å². The Labute approximate surface area is 169 Å². The van der Waals surface area contributed by atoms with Gasteiger partial charge in [0.15, 0.2) is 0 Å². The quantitative estimate of drug-likeness (QED) is 0.469. The summed E-state index contributed by atoms with van der Waals surface area (Å²) in [6.07, 6.45) is 1.61. The number of halogens is 1. The number of rotatable bonds is 4. The van der Waals surface area contributed by atoms with Gasteiger partial charge in [-0.1, -0.05) is 17.7 Å². The minimum absolute atomic E-state index is 0.0451. The van der Waals surface area contributed by atoms with Gasteiger partial charge in [-0.25, -0.2) is 0 Å². The van der Waals surface area contributed by atoms with Gasteiger partial charge in [0.1, 0.15) is 17.4 Å². The molecule has 0 aliphatic carbocycles. The number of nitrogens with zero attached hydrogens (tertiary/aromatic N) is 3. The van der Waals surface area contributed by atoms with Crippen molar-refractivity contribution in [3.63, 3.8) is 0 Å². The molecule has 0 atom stereocenters. The Bertz CT molecular complexity index is 944. The van der Waals surface area contributed by atoms with E-state index in [0.717, 1.165) is 24.3 Å². The van der Waals surface area contributed by atoms with Crippen LogP contribution in [0, 0.1) is 18.3 Å². The molecule has 1 aliphatic heterocycles. The molecule has 2 aromatic carbocycles. The largest absolute Gasteiger partial charge is 0.508 e. The lowest BCUT2D eigenvalue weighted by Crippen LogP contribution is -2.44. The van der Waals surface area contributed by atoms with E-state index in [0.29, 0.717) is 23.8 Å². The fraction of sp³-hybridized carbons (Fsp3) is 0.238. The molecule has 144 valence electrons. The summed E-state index contributed by atoms with van der Waals surface area (Å²) in [5.74, 6) is -0.335. The average molecular weight is 397 g/mol. The maximum absolute atomic E-state index is 12.5. The minimum Gasteiger partial charge on any atom is -0.508 e. The van der Waals surface area contributed by atoms with Gasteiger partial charge in [0.05, 0.1) is 0 Å². The van der Waals surface area contributed by atoms with E-state index in [1.54, 1.807) is 25.3 Å². The fourth-order valence-electron chi connectivity index (χ4n) is 3.08. The molecule has 1 heterocycles. The number of benzene rings is 2. The zero-order chi connectivity index (χ0) is 20.1. The molecule has 0 radical (unpaired) electrons. The monoisotopic (exact) mass is 396 g/mol. The van der Waals surface area contributed by atoms with Crippen molar-refractivity contribution in [2.75, 3.05) is 36.4 Å². The number of piperazine rings is 1. The number of amides is 1. The zero-order valence-corrected chi connectivity index (χ0v) is 16.3. The molecule has 28 heavy (non-hydrogen) atoms. The number of aromatic hydroxyl groups is 1. The van der Waals surface area contributed by atoms with Crippen LogP contribution in [0.4, 0.5) is 11.4 Å². The summed E-state index contributed by atoms with van der Waals surface area (Å²) in [5.41, 5.74) is 2.40. The van der Waals surface area contributed by atoms with Crippen LogP contribution in [0.2, 0.25) is 5.02 Å². The Hall–Kier alpha value is -3.17. The number of phenolic OH excluding ortho intramolecular Hbond substituents is 1. The van der Waals surface area contributed by atoms with Gasteiger partial charge in [0.2, 0.25) is 0 Å². The molecule has 1 saturated heterocycles. The number of phenols is 1. The smallest absolute Gasteiger partial charge is 0.267 e. The molecule has 0 spiro atoms. The Kier molecular flexibility index (Phi) is 6.07. The van der Waals surface area contributed by atoms with Crippen LogP contribution >= 0.6 is 11.6 Å². The third-order valence-electron chi connectivity index (χ3n) is 4.62. The van der Waals surface area contributed by atoms with E-state index >= 15 is 0 Å². The molecule has 0 saturated carbocycles. The van der Waals surface area contributed by atoms with Crippen molar-refractivity contribution in [2.24, 2.45) is 0 Å². The molecule has 2 aromatic rings. The van der Waals surface area contributed by atoms with Crippen LogP contribution in [0.15, 0.2) is 54.2 Å². The van der Waals surface area contributed by atoms with Gasteiger partial charge >= 0.3 is 0 Å². The predicted molar refractivity (Wildman–Crippen MR) is 110 cm³/mol. The SMILES string of the molecule is Cc1cc(O)ccc1NC(=O)/C(C#N)=C\N1CCN(c2cccc(Cl)c2)CC1. The number of hydrogen-bond donors (Lipinski definition) is 2. The molecule has 3 rings (SSSR count). The summed E-state index contributed by atoms with van der Waals surface area (Å²) in [5, 5.41) is 22.3. The van der Waals surface area contributed by atoms with Gasteiger partial charge in [0.25, 0.3) is 5.91 Å². The van der Waals surface area contributed by atoms with E-state index in [1.807, 2.05) is 35.2 Å². The number of carbonyl (C=O) groups is 1. The third-order valence-corrected chi connectivity index (χ3v) is 4.86. The second kappa shape index (κ2) is 8.68. The maximum atomic E-state index is 12.5. The first-order chi connectivity index (χ1) is 13.5. The van der Waals surface area contributed by atoms with Gasteiger partial charge in [-0.15, -0.1) is 0 Å². The van der Waals surface area contributed by atoms with Gasteiger partial charge in [-0.05, 0) is 48.9 Å². The van der Waals surface area contributed by atoms with Crippen LogP contribution in [0.5, 0.6) is 5.75 Å². The number of hydrogen-bond acceptors (Lipinski definition) is 5. The van der Waals surface area contributed by atoms with Gasteiger partial charge in [0, 0.05) is 48.8 Å². The number of nitrogens with one attached hydrogen (secondary N) is 1. The Morgan fingerprint density at radius 2 is 1.96 bits per heavy atom. The van der Waals surface area contributed by atoms with Crippen LogP contribution in [0.25, 0.3) is 0 Å². The van der Waals surface area contributed by atoms with E-state index < -0.39 is 5.91 Å². The standard InChI is InChI=1S/C21H21ClN4O2/c1-15-11-19(27)5-6-20(15)24-21(28)16(13-23)14-25-7-9-26(10-8-25)18-4-2-3-17(22)12-18/h2-6,11-12,14,27H,7-10H2,1H3,(H,24,28)/b16-14-. The lowest BCUT2D eigenvalue weighted by molar-refractivity contribution is -0.112.